The first-order valence-corrected chi connectivity index (χ1v) is 2.85. The first-order chi connectivity index (χ1) is 4.33. The highest BCUT2D eigenvalue weighted by atomic mass is 14.8. The second-order valence-electron chi connectivity index (χ2n) is 1.90. The van der Waals surface area contributed by atoms with E-state index in [1.54, 1.807) is 6.20 Å². The minimum Gasteiger partial charge on any atom is -0.387 e. The van der Waals surface area contributed by atoms with Crippen LogP contribution >= 0.6 is 0 Å². The lowest BCUT2D eigenvalue weighted by atomic mass is 10.3. The van der Waals surface area contributed by atoms with Crippen molar-refractivity contribution in [1.29, 1.82) is 0 Å². The first kappa shape index (κ1) is 6.08. The topological polar surface area (TPSA) is 24.9 Å². The van der Waals surface area contributed by atoms with E-state index in [1.807, 2.05) is 20.0 Å². The van der Waals surface area contributed by atoms with Crippen LogP contribution in [0.4, 0.5) is 5.69 Å². The molecule has 1 aromatic heterocycles. The molecule has 0 saturated heterocycles. The Balaban J connectivity index is 2.94. The Morgan fingerprint density at radius 1 is 1.67 bits per heavy atom. The van der Waals surface area contributed by atoms with Gasteiger partial charge in [-0.1, -0.05) is 0 Å². The number of aryl methyl sites for hydroxylation is 1. The highest BCUT2D eigenvalue weighted by Gasteiger charge is 1.86. The van der Waals surface area contributed by atoms with Crippen molar-refractivity contribution in [2.75, 3.05) is 12.4 Å². The van der Waals surface area contributed by atoms with Gasteiger partial charge in [0.2, 0.25) is 0 Å². The molecule has 9 heavy (non-hydrogen) atoms. The smallest absolute Gasteiger partial charge is 0.0919 e. The molecule has 0 atom stereocenters. The van der Waals surface area contributed by atoms with Crippen molar-refractivity contribution in [1.82, 2.24) is 4.98 Å². The van der Waals surface area contributed by atoms with Gasteiger partial charge in [0.25, 0.3) is 0 Å². The van der Waals surface area contributed by atoms with Gasteiger partial charge in [-0.05, 0) is 18.6 Å². The van der Waals surface area contributed by atoms with E-state index < -0.39 is 0 Å². The number of hydrogen-bond donors (Lipinski definition) is 1. The number of anilines is 1. The minimum atomic E-state index is 1.03. The molecule has 0 aliphatic heterocycles. The van der Waals surface area contributed by atoms with Crippen LogP contribution in [-0.2, 0) is 0 Å². The molecule has 2 heteroatoms. The van der Waals surface area contributed by atoms with Crippen molar-refractivity contribution in [2.45, 2.75) is 6.92 Å². The molecule has 0 unspecified atom stereocenters. The Morgan fingerprint density at radius 3 is 2.89 bits per heavy atom. The number of nitrogens with zero attached hydrogens (tertiary/aromatic N) is 1. The van der Waals surface area contributed by atoms with Crippen molar-refractivity contribution < 1.29 is 0 Å². The second kappa shape index (κ2) is 2.49. The van der Waals surface area contributed by atoms with Gasteiger partial charge < -0.3 is 5.32 Å². The molecule has 0 fully saturated rings. The summed E-state index contributed by atoms with van der Waals surface area (Å²) in [7, 11) is 1.87. The summed E-state index contributed by atoms with van der Waals surface area (Å²) >= 11 is 0. The van der Waals surface area contributed by atoms with Crippen LogP contribution in [0.1, 0.15) is 5.56 Å². The quantitative estimate of drug-likeness (QED) is 0.604. The van der Waals surface area contributed by atoms with E-state index in [0.717, 1.165) is 11.3 Å². The Kier molecular flexibility index (Phi) is 1.68. The molecule has 0 aromatic carbocycles. The molecule has 1 radical (unpaired) electrons. The fourth-order valence-corrected chi connectivity index (χ4v) is 0.643. The van der Waals surface area contributed by atoms with Gasteiger partial charge in [0, 0.05) is 7.05 Å². The summed E-state index contributed by atoms with van der Waals surface area (Å²) in [5.41, 5.74) is 2.09. The fraction of sp³-hybridized carbons (Fsp3) is 0.286. The SMILES string of the molecule is CNc1cn[c]c(C)c1. The summed E-state index contributed by atoms with van der Waals surface area (Å²) in [4.78, 5) is 3.87. The summed E-state index contributed by atoms with van der Waals surface area (Å²) < 4.78 is 0. The van der Waals surface area contributed by atoms with Crippen LogP contribution in [0.3, 0.4) is 0 Å². The van der Waals surface area contributed by atoms with Crippen LogP contribution in [0, 0.1) is 13.1 Å². The highest BCUT2D eigenvalue weighted by molar-refractivity contribution is 5.41. The Labute approximate surface area is 54.9 Å². The van der Waals surface area contributed by atoms with Crippen molar-refractivity contribution in [3.8, 4) is 0 Å². The maximum Gasteiger partial charge on any atom is 0.0919 e. The molecule has 0 bridgehead atoms. The maximum atomic E-state index is 3.87. The minimum absolute atomic E-state index is 1.03. The van der Waals surface area contributed by atoms with Gasteiger partial charge in [-0.3, -0.25) is 4.98 Å². The summed E-state index contributed by atoms with van der Waals surface area (Å²) in [5.74, 6) is 0. The lowest BCUT2D eigenvalue weighted by Crippen LogP contribution is -1.88. The van der Waals surface area contributed by atoms with E-state index in [0.29, 0.717) is 0 Å². The summed E-state index contributed by atoms with van der Waals surface area (Å²) in [5, 5.41) is 2.99. The van der Waals surface area contributed by atoms with E-state index in [4.69, 9.17) is 0 Å². The molecule has 2 nitrogen and oxygen atoms in total. The predicted molar refractivity (Wildman–Crippen MR) is 37.4 cm³/mol. The van der Waals surface area contributed by atoms with Gasteiger partial charge in [-0.2, -0.15) is 0 Å². The van der Waals surface area contributed by atoms with E-state index >= 15 is 0 Å². The second-order valence-corrected chi connectivity index (χ2v) is 1.90. The Morgan fingerprint density at radius 2 is 2.44 bits per heavy atom. The van der Waals surface area contributed by atoms with Gasteiger partial charge in [-0.15, -0.1) is 0 Å². The summed E-state index contributed by atoms with van der Waals surface area (Å²) in [6, 6.07) is 1.99. The third kappa shape index (κ3) is 1.42. The van der Waals surface area contributed by atoms with Crippen LogP contribution < -0.4 is 5.32 Å². The third-order valence-electron chi connectivity index (χ3n) is 1.11. The fourth-order valence-electron chi connectivity index (χ4n) is 0.643. The van der Waals surface area contributed by atoms with Gasteiger partial charge in [0.05, 0.1) is 18.1 Å². The zero-order valence-corrected chi connectivity index (χ0v) is 5.60. The van der Waals surface area contributed by atoms with Gasteiger partial charge >= 0.3 is 0 Å². The van der Waals surface area contributed by atoms with Gasteiger partial charge in [-0.25, -0.2) is 0 Å². The monoisotopic (exact) mass is 121 g/mol. The molecule has 47 valence electrons. The Hall–Kier alpha value is -1.05. The normalized spacial score (nSPS) is 9.11. The van der Waals surface area contributed by atoms with Crippen LogP contribution in [0.25, 0.3) is 0 Å². The average molecular weight is 121 g/mol. The summed E-state index contributed by atoms with van der Waals surface area (Å²) in [6.07, 6.45) is 4.56. The number of nitrogens with one attached hydrogen (secondary N) is 1. The van der Waals surface area contributed by atoms with E-state index in [9.17, 15) is 0 Å². The van der Waals surface area contributed by atoms with Crippen LogP contribution in [-0.4, -0.2) is 12.0 Å². The Bertz CT molecular complexity index is 196. The molecule has 1 heterocycles. The van der Waals surface area contributed by atoms with Crippen molar-refractivity contribution >= 4 is 5.69 Å². The first-order valence-electron chi connectivity index (χ1n) is 2.85. The molecule has 0 spiro atoms. The zero-order chi connectivity index (χ0) is 6.69. The van der Waals surface area contributed by atoms with E-state index in [-0.39, 0.29) is 0 Å². The van der Waals surface area contributed by atoms with Gasteiger partial charge in [0.1, 0.15) is 0 Å². The third-order valence-corrected chi connectivity index (χ3v) is 1.11. The molecule has 0 amide bonds. The number of hydrogen-bond acceptors (Lipinski definition) is 2. The van der Waals surface area contributed by atoms with Crippen molar-refractivity contribution in [3.63, 3.8) is 0 Å². The molecular formula is C7H9N2. The summed E-state index contributed by atoms with van der Waals surface area (Å²) in [6.45, 7) is 1.97. The number of pyridine rings is 1. The number of aromatic nitrogens is 1. The number of rotatable bonds is 1. The van der Waals surface area contributed by atoms with Crippen molar-refractivity contribution in [2.24, 2.45) is 0 Å². The predicted octanol–water partition coefficient (Wildman–Crippen LogP) is 1.23. The standard InChI is InChI=1S/C7H9N2/c1-6-3-7(8-2)5-9-4-6/h3,5,8H,1-2H3. The molecule has 1 N–H and O–H groups in total. The molecule has 0 saturated carbocycles. The average Bonchev–Trinajstić information content (AvgIpc) is 1.88. The van der Waals surface area contributed by atoms with E-state index in [2.05, 4.69) is 16.5 Å². The molecular weight excluding hydrogens is 112 g/mol. The van der Waals surface area contributed by atoms with Crippen LogP contribution in [0.5, 0.6) is 0 Å². The van der Waals surface area contributed by atoms with Crippen molar-refractivity contribution in [3.05, 3.63) is 24.0 Å². The lowest BCUT2D eigenvalue weighted by molar-refractivity contribution is 1.24. The zero-order valence-electron chi connectivity index (χ0n) is 5.60. The molecule has 1 rings (SSSR count). The van der Waals surface area contributed by atoms with Crippen LogP contribution in [0.2, 0.25) is 0 Å². The lowest BCUT2D eigenvalue weighted by Gasteiger charge is -1.96. The molecule has 1 aromatic rings. The van der Waals surface area contributed by atoms with Gasteiger partial charge in [0.15, 0.2) is 0 Å². The van der Waals surface area contributed by atoms with E-state index in [1.165, 1.54) is 0 Å². The van der Waals surface area contributed by atoms with Crippen LogP contribution in [0.15, 0.2) is 12.3 Å². The highest BCUT2D eigenvalue weighted by Crippen LogP contribution is 2.03. The molecule has 0 aliphatic rings. The largest absolute Gasteiger partial charge is 0.387 e. The maximum absolute atomic E-state index is 3.87. The molecule has 0 aliphatic carbocycles.